The van der Waals surface area contributed by atoms with Crippen molar-refractivity contribution in [3.8, 4) is 0 Å². The Morgan fingerprint density at radius 2 is 1.47 bits per heavy atom. The minimum Gasteiger partial charge on any atom is -0.453 e. The van der Waals surface area contributed by atoms with E-state index in [0.29, 0.717) is 18.2 Å². The average Bonchev–Trinajstić information content (AvgIpc) is 2.88. The van der Waals surface area contributed by atoms with Gasteiger partial charge in [0.1, 0.15) is 0 Å². The summed E-state index contributed by atoms with van der Waals surface area (Å²) in [4.78, 5) is 28.0. The number of nitrogens with zero attached hydrogens (tertiary/aromatic N) is 2. The Bertz CT molecular complexity index is 1290. The molecule has 0 radical (unpaired) electrons. The number of carbonyl (C=O) groups excluding carboxylic acids is 2. The second kappa shape index (κ2) is 12.5. The lowest BCUT2D eigenvalue weighted by Gasteiger charge is -2.44. The number of rotatable bonds is 6. The lowest BCUT2D eigenvalue weighted by molar-refractivity contribution is -0.143. The van der Waals surface area contributed by atoms with Crippen molar-refractivity contribution in [2.24, 2.45) is 5.92 Å². The van der Waals surface area contributed by atoms with Gasteiger partial charge in [-0.3, -0.25) is 9.80 Å². The summed E-state index contributed by atoms with van der Waals surface area (Å²) >= 11 is 0. The van der Waals surface area contributed by atoms with Gasteiger partial charge in [-0.05, 0) is 73.2 Å². The maximum absolute atomic E-state index is 13.8. The van der Waals surface area contributed by atoms with E-state index in [4.69, 9.17) is 9.47 Å². The number of hydrogen-bond acceptors (Lipinski definition) is 4. The van der Waals surface area contributed by atoms with E-state index in [1.165, 1.54) is 6.92 Å². The van der Waals surface area contributed by atoms with Gasteiger partial charge in [0.2, 0.25) is 0 Å². The van der Waals surface area contributed by atoms with E-state index in [1.807, 2.05) is 0 Å². The Hall–Kier alpha value is -3.65. The molecule has 238 valence electrons. The molecule has 0 aromatic heterocycles. The van der Waals surface area contributed by atoms with Crippen LogP contribution in [0.1, 0.15) is 67.5 Å². The van der Waals surface area contributed by atoms with Gasteiger partial charge in [-0.2, -0.15) is 39.5 Å². The molecule has 1 heterocycles. The first-order valence-electron chi connectivity index (χ1n) is 13.1. The largest absolute Gasteiger partial charge is 0.453 e. The van der Waals surface area contributed by atoms with Crippen molar-refractivity contribution < 1.29 is 58.6 Å². The van der Waals surface area contributed by atoms with Crippen LogP contribution >= 0.6 is 0 Å². The van der Waals surface area contributed by atoms with Gasteiger partial charge in [-0.25, -0.2) is 9.59 Å². The number of fused-ring (bicyclic) bond motifs is 1. The molecule has 0 spiro atoms. The molecule has 1 aliphatic rings. The van der Waals surface area contributed by atoms with Crippen LogP contribution in [0.4, 0.5) is 54.8 Å². The molecule has 6 nitrogen and oxygen atoms in total. The number of methoxy groups -OCH3 is 1. The average molecular weight is 629 g/mol. The second-order valence-corrected chi connectivity index (χ2v) is 10.4. The molecule has 2 atom stereocenters. The SMILES string of the molecule is CCOC(=O)N1c2ccc(C(F)(F)F)cc2[C@@H](N(Cc2cc(C(F)(F)F)cc(C(F)(F)F)c2)C(=O)OC)C[C@H]1CC(C)C. The predicted octanol–water partition coefficient (Wildman–Crippen LogP) is 8.83. The second-order valence-electron chi connectivity index (χ2n) is 10.4. The molecular weight excluding hydrogens is 599 g/mol. The van der Waals surface area contributed by atoms with Crippen LogP contribution < -0.4 is 4.90 Å². The van der Waals surface area contributed by atoms with Gasteiger partial charge < -0.3 is 9.47 Å². The van der Waals surface area contributed by atoms with Gasteiger partial charge in [-0.1, -0.05) is 13.8 Å². The van der Waals surface area contributed by atoms with Crippen molar-refractivity contribution >= 4 is 17.9 Å². The predicted molar refractivity (Wildman–Crippen MR) is 136 cm³/mol. The number of amides is 2. The third-order valence-electron chi connectivity index (χ3n) is 6.83. The fraction of sp³-hybridized carbons (Fsp3) is 0.500. The lowest BCUT2D eigenvalue weighted by Crippen LogP contribution is -2.49. The van der Waals surface area contributed by atoms with Gasteiger partial charge in [0, 0.05) is 12.6 Å². The Morgan fingerprint density at radius 1 is 0.907 bits per heavy atom. The topological polar surface area (TPSA) is 59.1 Å². The van der Waals surface area contributed by atoms with Crippen molar-refractivity contribution in [1.29, 1.82) is 0 Å². The van der Waals surface area contributed by atoms with Gasteiger partial charge in [0.25, 0.3) is 0 Å². The summed E-state index contributed by atoms with van der Waals surface area (Å²) < 4.78 is 132. The van der Waals surface area contributed by atoms with Gasteiger partial charge in [0.15, 0.2) is 0 Å². The summed E-state index contributed by atoms with van der Waals surface area (Å²) in [5.74, 6) is -0.0806. The third-order valence-corrected chi connectivity index (χ3v) is 6.83. The molecule has 0 bridgehead atoms. The normalized spacial score (nSPS) is 17.5. The molecule has 0 fully saturated rings. The van der Waals surface area contributed by atoms with E-state index in [2.05, 4.69) is 0 Å². The maximum Gasteiger partial charge on any atom is 0.416 e. The van der Waals surface area contributed by atoms with E-state index < -0.39 is 71.6 Å². The standard InChI is InChI=1S/C28H29F9N2O4/c1-5-43-25(41)39-20(8-15(2)3)13-23(21-12-17(26(29,30)31)6-7-22(21)39)38(24(40)42-4)14-16-9-18(27(32,33)34)11-19(10-16)28(35,36)37/h6-7,9-12,15,20,23H,5,8,13-14H2,1-4H3/t20-,23+/m1/s1. The Labute approximate surface area is 241 Å². The minimum absolute atomic E-state index is 0.0534. The molecule has 43 heavy (non-hydrogen) atoms. The van der Waals surface area contributed by atoms with Crippen LogP contribution in [0.25, 0.3) is 0 Å². The number of benzene rings is 2. The highest BCUT2D eigenvalue weighted by Gasteiger charge is 2.44. The van der Waals surface area contributed by atoms with Crippen LogP contribution in [0.2, 0.25) is 0 Å². The van der Waals surface area contributed by atoms with Crippen molar-refractivity contribution in [3.05, 3.63) is 64.2 Å². The Kier molecular flexibility index (Phi) is 9.86. The molecule has 0 unspecified atom stereocenters. The number of ether oxygens (including phenoxy) is 2. The molecule has 2 aromatic carbocycles. The quantitative estimate of drug-likeness (QED) is 0.300. The number of alkyl halides is 9. The van der Waals surface area contributed by atoms with Gasteiger partial charge in [-0.15, -0.1) is 0 Å². The van der Waals surface area contributed by atoms with E-state index in [9.17, 15) is 49.1 Å². The fourth-order valence-electron chi connectivity index (χ4n) is 5.11. The smallest absolute Gasteiger partial charge is 0.416 e. The minimum atomic E-state index is -5.17. The molecule has 0 N–H and O–H groups in total. The highest BCUT2D eigenvalue weighted by atomic mass is 19.4. The molecule has 2 aromatic rings. The molecule has 0 saturated carbocycles. The number of hydrogen-bond donors (Lipinski definition) is 0. The van der Waals surface area contributed by atoms with Crippen molar-refractivity contribution in [2.45, 2.75) is 70.8 Å². The first-order chi connectivity index (χ1) is 19.8. The van der Waals surface area contributed by atoms with E-state index in [0.717, 1.165) is 29.0 Å². The van der Waals surface area contributed by atoms with Crippen LogP contribution in [-0.4, -0.2) is 36.8 Å². The fourth-order valence-corrected chi connectivity index (χ4v) is 5.11. The number of halogens is 9. The zero-order valence-corrected chi connectivity index (χ0v) is 23.5. The van der Waals surface area contributed by atoms with E-state index in [1.54, 1.807) is 13.8 Å². The third kappa shape index (κ3) is 7.85. The summed E-state index contributed by atoms with van der Waals surface area (Å²) in [5.41, 5.74) is -5.26. The lowest BCUT2D eigenvalue weighted by atomic mass is 9.85. The molecule has 3 rings (SSSR count). The summed E-state index contributed by atoms with van der Waals surface area (Å²) in [7, 11) is 0.912. The monoisotopic (exact) mass is 628 g/mol. The summed E-state index contributed by atoms with van der Waals surface area (Å²) in [6.45, 7) is 4.20. The first-order valence-corrected chi connectivity index (χ1v) is 13.1. The van der Waals surface area contributed by atoms with Gasteiger partial charge >= 0.3 is 30.7 Å². The summed E-state index contributed by atoms with van der Waals surface area (Å²) in [5, 5.41) is 0. The molecule has 0 aliphatic carbocycles. The van der Waals surface area contributed by atoms with E-state index >= 15 is 0 Å². The highest BCUT2D eigenvalue weighted by Crippen LogP contribution is 2.46. The van der Waals surface area contributed by atoms with Crippen LogP contribution in [0.15, 0.2) is 36.4 Å². The molecular formula is C28H29F9N2O4. The summed E-state index contributed by atoms with van der Waals surface area (Å²) in [6.07, 6.45) is -17.2. The maximum atomic E-state index is 13.8. The van der Waals surface area contributed by atoms with Crippen molar-refractivity contribution in [2.75, 3.05) is 18.6 Å². The highest BCUT2D eigenvalue weighted by molar-refractivity contribution is 5.90. The van der Waals surface area contributed by atoms with Crippen molar-refractivity contribution in [3.63, 3.8) is 0 Å². The number of carbonyl (C=O) groups is 2. The van der Waals surface area contributed by atoms with Crippen LogP contribution in [0.5, 0.6) is 0 Å². The zero-order chi connectivity index (χ0) is 32.5. The van der Waals surface area contributed by atoms with Crippen LogP contribution in [0, 0.1) is 5.92 Å². The van der Waals surface area contributed by atoms with Crippen molar-refractivity contribution in [1.82, 2.24) is 4.90 Å². The molecule has 2 amide bonds. The zero-order valence-electron chi connectivity index (χ0n) is 23.5. The molecule has 1 aliphatic heterocycles. The first kappa shape index (κ1) is 33.8. The van der Waals surface area contributed by atoms with Gasteiger partial charge in [0.05, 0.1) is 42.1 Å². The molecule has 15 heteroatoms. The Morgan fingerprint density at radius 3 is 1.93 bits per heavy atom. The Balaban J connectivity index is 2.26. The van der Waals surface area contributed by atoms with Crippen LogP contribution in [-0.2, 0) is 34.5 Å². The molecule has 0 saturated heterocycles. The summed E-state index contributed by atoms with van der Waals surface area (Å²) in [6, 6.07) is 1.11. The van der Waals surface area contributed by atoms with Crippen LogP contribution in [0.3, 0.4) is 0 Å². The number of anilines is 1. The van der Waals surface area contributed by atoms with E-state index in [-0.39, 0.29) is 42.7 Å².